The third-order valence-corrected chi connectivity index (χ3v) is 3.10. The van der Waals surface area contributed by atoms with Crippen LogP contribution in [0.25, 0.3) is 0 Å². The van der Waals surface area contributed by atoms with Crippen molar-refractivity contribution in [3.63, 3.8) is 0 Å². The lowest BCUT2D eigenvalue weighted by Gasteiger charge is -2.12. The van der Waals surface area contributed by atoms with Gasteiger partial charge < -0.3 is 14.8 Å². The van der Waals surface area contributed by atoms with E-state index in [9.17, 15) is 4.79 Å². The first-order valence-corrected chi connectivity index (χ1v) is 7.86. The Labute approximate surface area is 127 Å². The molecule has 21 heavy (non-hydrogen) atoms. The summed E-state index contributed by atoms with van der Waals surface area (Å²) in [5.41, 5.74) is 0.637. The molecule has 0 spiro atoms. The van der Waals surface area contributed by atoms with Gasteiger partial charge in [0.25, 0.3) is 0 Å². The topological polar surface area (TPSA) is 47.6 Å². The standard InChI is InChI=1S/C17H27NO3/c1-4-7-11-18-12-10-16(19)15-9-8-14(20-5-2)13-17(15)21-6-3/h8-9,13,18H,4-7,10-12H2,1-3H3. The maximum atomic E-state index is 12.3. The molecule has 0 radical (unpaired) electrons. The summed E-state index contributed by atoms with van der Waals surface area (Å²) in [6.45, 7) is 8.80. The Hall–Kier alpha value is -1.55. The van der Waals surface area contributed by atoms with Crippen LogP contribution in [0.2, 0.25) is 0 Å². The molecule has 4 nitrogen and oxygen atoms in total. The first-order valence-electron chi connectivity index (χ1n) is 7.86. The highest BCUT2D eigenvalue weighted by Gasteiger charge is 2.13. The number of ether oxygens (including phenoxy) is 2. The molecular formula is C17H27NO3. The Bertz CT molecular complexity index is 432. The largest absolute Gasteiger partial charge is 0.494 e. The first kappa shape index (κ1) is 17.5. The highest BCUT2D eigenvalue weighted by molar-refractivity contribution is 5.99. The van der Waals surface area contributed by atoms with Gasteiger partial charge in [-0.15, -0.1) is 0 Å². The molecule has 0 aliphatic carbocycles. The van der Waals surface area contributed by atoms with E-state index in [-0.39, 0.29) is 5.78 Å². The zero-order chi connectivity index (χ0) is 15.5. The molecule has 0 bridgehead atoms. The van der Waals surface area contributed by atoms with Gasteiger partial charge >= 0.3 is 0 Å². The van der Waals surface area contributed by atoms with Crippen LogP contribution in [0, 0.1) is 0 Å². The van der Waals surface area contributed by atoms with E-state index in [1.165, 1.54) is 0 Å². The predicted molar refractivity (Wildman–Crippen MR) is 85.5 cm³/mol. The highest BCUT2D eigenvalue weighted by Crippen LogP contribution is 2.26. The predicted octanol–water partition coefficient (Wildman–Crippen LogP) is 3.45. The lowest BCUT2D eigenvalue weighted by Crippen LogP contribution is -2.19. The van der Waals surface area contributed by atoms with Gasteiger partial charge in [-0.25, -0.2) is 0 Å². The molecule has 0 unspecified atom stereocenters. The van der Waals surface area contributed by atoms with E-state index < -0.39 is 0 Å². The van der Waals surface area contributed by atoms with E-state index in [4.69, 9.17) is 9.47 Å². The molecule has 1 aromatic carbocycles. The number of hydrogen-bond acceptors (Lipinski definition) is 4. The summed E-state index contributed by atoms with van der Waals surface area (Å²) in [5.74, 6) is 1.45. The van der Waals surface area contributed by atoms with Crippen LogP contribution in [0.4, 0.5) is 0 Å². The van der Waals surface area contributed by atoms with Crippen molar-refractivity contribution in [2.24, 2.45) is 0 Å². The van der Waals surface area contributed by atoms with Gasteiger partial charge in [-0.3, -0.25) is 4.79 Å². The normalized spacial score (nSPS) is 10.4. The van der Waals surface area contributed by atoms with E-state index in [2.05, 4.69) is 12.2 Å². The third-order valence-electron chi connectivity index (χ3n) is 3.10. The maximum Gasteiger partial charge on any atom is 0.167 e. The second kappa shape index (κ2) is 10.2. The van der Waals surface area contributed by atoms with Gasteiger partial charge in [-0.1, -0.05) is 13.3 Å². The monoisotopic (exact) mass is 293 g/mol. The zero-order valence-corrected chi connectivity index (χ0v) is 13.4. The number of nitrogens with one attached hydrogen (secondary N) is 1. The molecule has 118 valence electrons. The first-order chi connectivity index (χ1) is 10.2. The zero-order valence-electron chi connectivity index (χ0n) is 13.4. The van der Waals surface area contributed by atoms with Gasteiger partial charge in [0.1, 0.15) is 11.5 Å². The molecule has 0 aliphatic heterocycles. The molecule has 0 aromatic heterocycles. The van der Waals surface area contributed by atoms with Gasteiger partial charge in [-0.05, 0) is 38.9 Å². The molecule has 0 saturated heterocycles. The molecule has 1 N–H and O–H groups in total. The van der Waals surface area contributed by atoms with Crippen LogP contribution in [0.15, 0.2) is 18.2 Å². The smallest absolute Gasteiger partial charge is 0.167 e. The minimum atomic E-state index is 0.102. The van der Waals surface area contributed by atoms with Crippen LogP contribution >= 0.6 is 0 Å². The summed E-state index contributed by atoms with van der Waals surface area (Å²) >= 11 is 0. The second-order valence-corrected chi connectivity index (χ2v) is 4.80. The van der Waals surface area contributed by atoms with Gasteiger partial charge in [0, 0.05) is 19.0 Å². The number of unbranched alkanes of at least 4 members (excludes halogenated alkanes) is 1. The van der Waals surface area contributed by atoms with Crippen molar-refractivity contribution in [3.8, 4) is 11.5 Å². The number of hydrogen-bond donors (Lipinski definition) is 1. The molecule has 0 heterocycles. The number of ketones is 1. The van der Waals surface area contributed by atoms with E-state index in [0.717, 1.165) is 25.1 Å². The van der Waals surface area contributed by atoms with Crippen molar-refractivity contribution >= 4 is 5.78 Å². The maximum absolute atomic E-state index is 12.3. The minimum absolute atomic E-state index is 0.102. The lowest BCUT2D eigenvalue weighted by molar-refractivity contribution is 0.0979. The summed E-state index contributed by atoms with van der Waals surface area (Å²) in [6, 6.07) is 5.42. The van der Waals surface area contributed by atoms with E-state index in [0.29, 0.717) is 37.5 Å². The molecule has 0 aliphatic rings. The average molecular weight is 293 g/mol. The van der Waals surface area contributed by atoms with Crippen LogP contribution < -0.4 is 14.8 Å². The molecule has 0 atom stereocenters. The Morgan fingerprint density at radius 3 is 2.52 bits per heavy atom. The fraction of sp³-hybridized carbons (Fsp3) is 0.588. The quantitative estimate of drug-likeness (QED) is 0.501. The number of benzene rings is 1. The molecule has 4 heteroatoms. The molecule has 0 amide bonds. The molecule has 0 fully saturated rings. The fourth-order valence-electron chi connectivity index (χ4n) is 2.03. The van der Waals surface area contributed by atoms with Crippen molar-refractivity contribution in [2.75, 3.05) is 26.3 Å². The summed E-state index contributed by atoms with van der Waals surface area (Å²) in [7, 11) is 0. The summed E-state index contributed by atoms with van der Waals surface area (Å²) < 4.78 is 11.0. The van der Waals surface area contributed by atoms with Gasteiger partial charge in [0.2, 0.25) is 0 Å². The number of rotatable bonds is 11. The van der Waals surface area contributed by atoms with Crippen molar-refractivity contribution < 1.29 is 14.3 Å². The fourth-order valence-corrected chi connectivity index (χ4v) is 2.03. The van der Waals surface area contributed by atoms with Crippen molar-refractivity contribution in [1.82, 2.24) is 5.32 Å². The van der Waals surface area contributed by atoms with Crippen LogP contribution in [0.5, 0.6) is 11.5 Å². The van der Waals surface area contributed by atoms with Gasteiger partial charge in [0.15, 0.2) is 5.78 Å². The van der Waals surface area contributed by atoms with Crippen LogP contribution in [0.3, 0.4) is 0 Å². The lowest BCUT2D eigenvalue weighted by atomic mass is 10.1. The summed E-state index contributed by atoms with van der Waals surface area (Å²) in [4.78, 5) is 12.3. The number of carbonyl (C=O) groups excluding carboxylic acids is 1. The highest BCUT2D eigenvalue weighted by atomic mass is 16.5. The second-order valence-electron chi connectivity index (χ2n) is 4.80. The SMILES string of the molecule is CCCCNCCC(=O)c1ccc(OCC)cc1OCC. The van der Waals surface area contributed by atoms with Crippen molar-refractivity contribution in [3.05, 3.63) is 23.8 Å². The van der Waals surface area contributed by atoms with E-state index >= 15 is 0 Å². The Balaban J connectivity index is 2.64. The molecule has 1 aromatic rings. The van der Waals surface area contributed by atoms with Crippen LogP contribution in [0.1, 0.15) is 50.4 Å². The van der Waals surface area contributed by atoms with E-state index in [1.807, 2.05) is 19.9 Å². The van der Waals surface area contributed by atoms with Crippen LogP contribution in [-0.4, -0.2) is 32.1 Å². The van der Waals surface area contributed by atoms with Gasteiger partial charge in [-0.2, -0.15) is 0 Å². The minimum Gasteiger partial charge on any atom is -0.494 e. The van der Waals surface area contributed by atoms with Crippen molar-refractivity contribution in [2.45, 2.75) is 40.0 Å². The Morgan fingerprint density at radius 2 is 1.86 bits per heavy atom. The van der Waals surface area contributed by atoms with Crippen LogP contribution in [-0.2, 0) is 0 Å². The Morgan fingerprint density at radius 1 is 1.10 bits per heavy atom. The average Bonchev–Trinajstić information content (AvgIpc) is 2.48. The van der Waals surface area contributed by atoms with Crippen molar-refractivity contribution in [1.29, 1.82) is 0 Å². The van der Waals surface area contributed by atoms with Gasteiger partial charge in [0.05, 0.1) is 18.8 Å². The molecule has 0 saturated carbocycles. The number of Topliss-reactive ketones (excluding diaryl/α,β-unsaturated/α-hetero) is 1. The molecular weight excluding hydrogens is 266 g/mol. The summed E-state index contributed by atoms with van der Waals surface area (Å²) in [6.07, 6.45) is 2.79. The summed E-state index contributed by atoms with van der Waals surface area (Å²) in [5, 5.41) is 3.28. The molecule has 1 rings (SSSR count). The number of carbonyl (C=O) groups is 1. The third kappa shape index (κ3) is 6.17. The Kier molecular flexibility index (Phi) is 8.51. The van der Waals surface area contributed by atoms with E-state index in [1.54, 1.807) is 12.1 Å².